The third-order valence-corrected chi connectivity index (χ3v) is 2.44. The zero-order valence-electron chi connectivity index (χ0n) is 10.9. The van der Waals surface area contributed by atoms with E-state index in [0.29, 0.717) is 11.3 Å². The quantitative estimate of drug-likeness (QED) is 0.787. The van der Waals surface area contributed by atoms with Gasteiger partial charge in [-0.1, -0.05) is 12.1 Å². The van der Waals surface area contributed by atoms with Crippen molar-refractivity contribution in [3.63, 3.8) is 0 Å². The molecule has 0 saturated carbocycles. The largest absolute Gasteiger partial charge is 0.496 e. The molecule has 1 atom stereocenters. The van der Waals surface area contributed by atoms with Gasteiger partial charge in [-0.15, -0.1) is 0 Å². The monoisotopic (exact) mass is 253 g/mol. The molecular formula is C13H19NO4. The van der Waals surface area contributed by atoms with E-state index in [-0.39, 0.29) is 19.1 Å². The minimum atomic E-state index is -1.09. The summed E-state index contributed by atoms with van der Waals surface area (Å²) >= 11 is 0. The van der Waals surface area contributed by atoms with Crippen molar-refractivity contribution >= 4 is 5.91 Å². The second kappa shape index (κ2) is 6.37. The molecule has 5 heteroatoms. The number of ether oxygens (including phenoxy) is 2. The molecule has 0 aliphatic rings. The lowest BCUT2D eigenvalue weighted by atomic mass is 10.1. The van der Waals surface area contributed by atoms with E-state index in [0.717, 1.165) is 0 Å². The molecule has 1 aromatic carbocycles. The number of hydrogen-bond acceptors (Lipinski definition) is 4. The molecule has 0 aliphatic heterocycles. The van der Waals surface area contributed by atoms with Crippen LogP contribution >= 0.6 is 0 Å². The number of rotatable bonds is 6. The smallest absolute Gasteiger partial charge is 0.255 e. The first-order chi connectivity index (χ1) is 8.50. The van der Waals surface area contributed by atoms with E-state index in [4.69, 9.17) is 9.47 Å². The average Bonchev–Trinajstić information content (AvgIpc) is 2.36. The van der Waals surface area contributed by atoms with Gasteiger partial charge in [0, 0.05) is 13.7 Å². The Morgan fingerprint density at radius 1 is 1.39 bits per heavy atom. The number of methoxy groups -OCH3 is 2. The average molecular weight is 253 g/mol. The van der Waals surface area contributed by atoms with E-state index >= 15 is 0 Å². The standard InChI is InChI=1S/C13H19NO4/c1-13(16,9-17-2)8-14-12(15)10-6-4-5-7-11(10)18-3/h4-7,16H,8-9H2,1-3H3,(H,14,15). The van der Waals surface area contributed by atoms with Crippen LogP contribution in [0.15, 0.2) is 24.3 Å². The van der Waals surface area contributed by atoms with Crippen molar-refractivity contribution in [2.75, 3.05) is 27.4 Å². The van der Waals surface area contributed by atoms with Gasteiger partial charge in [0.25, 0.3) is 5.91 Å². The molecule has 18 heavy (non-hydrogen) atoms. The Bertz CT molecular complexity index is 404. The zero-order valence-corrected chi connectivity index (χ0v) is 10.9. The van der Waals surface area contributed by atoms with E-state index < -0.39 is 5.60 Å². The van der Waals surface area contributed by atoms with Crippen LogP contribution in [0, 0.1) is 0 Å². The van der Waals surface area contributed by atoms with Gasteiger partial charge < -0.3 is 19.9 Å². The molecule has 1 amide bonds. The fraction of sp³-hybridized carbons (Fsp3) is 0.462. The van der Waals surface area contributed by atoms with Gasteiger partial charge in [-0.2, -0.15) is 0 Å². The van der Waals surface area contributed by atoms with Crippen molar-refractivity contribution in [2.45, 2.75) is 12.5 Å². The Balaban J connectivity index is 2.66. The second-order valence-corrected chi connectivity index (χ2v) is 4.31. The molecule has 2 N–H and O–H groups in total. The Kier molecular flexibility index (Phi) is 5.12. The van der Waals surface area contributed by atoms with Gasteiger partial charge in [-0.25, -0.2) is 0 Å². The van der Waals surface area contributed by atoms with E-state index in [2.05, 4.69) is 5.32 Å². The first-order valence-corrected chi connectivity index (χ1v) is 5.63. The molecule has 0 saturated heterocycles. The minimum absolute atomic E-state index is 0.109. The first kappa shape index (κ1) is 14.5. The molecule has 100 valence electrons. The molecule has 1 rings (SSSR count). The maximum atomic E-state index is 11.9. The first-order valence-electron chi connectivity index (χ1n) is 5.63. The number of nitrogens with one attached hydrogen (secondary N) is 1. The van der Waals surface area contributed by atoms with Crippen LogP contribution in [-0.2, 0) is 4.74 Å². The Hall–Kier alpha value is -1.59. The predicted molar refractivity (Wildman–Crippen MR) is 67.8 cm³/mol. The molecule has 1 unspecified atom stereocenters. The highest BCUT2D eigenvalue weighted by molar-refractivity contribution is 5.96. The predicted octanol–water partition coefficient (Wildman–Crippen LogP) is 0.822. The van der Waals surface area contributed by atoms with Crippen molar-refractivity contribution < 1.29 is 19.4 Å². The van der Waals surface area contributed by atoms with Gasteiger partial charge in [0.1, 0.15) is 11.4 Å². The van der Waals surface area contributed by atoms with Gasteiger partial charge in [-0.3, -0.25) is 4.79 Å². The zero-order chi connectivity index (χ0) is 13.6. The highest BCUT2D eigenvalue weighted by atomic mass is 16.5. The minimum Gasteiger partial charge on any atom is -0.496 e. The van der Waals surface area contributed by atoms with Crippen molar-refractivity contribution in [2.24, 2.45) is 0 Å². The molecular weight excluding hydrogens is 234 g/mol. The van der Waals surface area contributed by atoms with Crippen LogP contribution in [0.4, 0.5) is 0 Å². The van der Waals surface area contributed by atoms with Gasteiger partial charge in [0.2, 0.25) is 0 Å². The fourth-order valence-corrected chi connectivity index (χ4v) is 1.56. The maximum absolute atomic E-state index is 11.9. The summed E-state index contributed by atoms with van der Waals surface area (Å²) in [5.41, 5.74) is -0.653. The number of para-hydroxylation sites is 1. The number of aliphatic hydroxyl groups is 1. The lowest BCUT2D eigenvalue weighted by molar-refractivity contribution is -0.0147. The normalized spacial score (nSPS) is 13.8. The molecule has 0 spiro atoms. The lowest BCUT2D eigenvalue weighted by Crippen LogP contribution is -2.43. The summed E-state index contributed by atoms with van der Waals surface area (Å²) in [7, 11) is 3.00. The second-order valence-electron chi connectivity index (χ2n) is 4.31. The number of hydrogen-bond donors (Lipinski definition) is 2. The van der Waals surface area contributed by atoms with Crippen LogP contribution in [0.5, 0.6) is 5.75 Å². The van der Waals surface area contributed by atoms with Gasteiger partial charge >= 0.3 is 0 Å². The third-order valence-electron chi connectivity index (χ3n) is 2.44. The summed E-state index contributed by atoms with van der Waals surface area (Å²) in [5.74, 6) is 0.213. The number of benzene rings is 1. The summed E-state index contributed by atoms with van der Waals surface area (Å²) in [4.78, 5) is 11.9. The van der Waals surface area contributed by atoms with E-state index in [1.807, 2.05) is 0 Å². The lowest BCUT2D eigenvalue weighted by Gasteiger charge is -2.22. The molecule has 0 aromatic heterocycles. The Labute approximate surface area is 107 Å². The molecule has 1 aromatic rings. The van der Waals surface area contributed by atoms with Crippen molar-refractivity contribution in [3.8, 4) is 5.75 Å². The Morgan fingerprint density at radius 2 is 2.06 bits per heavy atom. The highest BCUT2D eigenvalue weighted by Crippen LogP contribution is 2.17. The summed E-state index contributed by atoms with van der Waals surface area (Å²) in [5, 5.41) is 12.5. The topological polar surface area (TPSA) is 67.8 Å². The molecule has 5 nitrogen and oxygen atoms in total. The van der Waals surface area contributed by atoms with Gasteiger partial charge in [0.15, 0.2) is 0 Å². The van der Waals surface area contributed by atoms with Crippen molar-refractivity contribution in [1.29, 1.82) is 0 Å². The number of carbonyl (C=O) groups is 1. The fourth-order valence-electron chi connectivity index (χ4n) is 1.56. The van der Waals surface area contributed by atoms with Crippen LogP contribution in [-0.4, -0.2) is 44.0 Å². The van der Waals surface area contributed by atoms with E-state index in [1.165, 1.54) is 14.2 Å². The molecule has 0 heterocycles. The summed E-state index contributed by atoms with van der Waals surface area (Å²) in [6.45, 7) is 1.86. The third kappa shape index (κ3) is 4.01. The van der Waals surface area contributed by atoms with Crippen LogP contribution in [0.2, 0.25) is 0 Å². The molecule has 0 radical (unpaired) electrons. The Morgan fingerprint density at radius 3 is 2.67 bits per heavy atom. The van der Waals surface area contributed by atoms with Gasteiger partial charge in [0.05, 0.1) is 19.3 Å². The number of carbonyl (C=O) groups excluding carboxylic acids is 1. The maximum Gasteiger partial charge on any atom is 0.255 e. The molecule has 0 aliphatic carbocycles. The summed E-state index contributed by atoms with van der Waals surface area (Å²) in [6.07, 6.45) is 0. The van der Waals surface area contributed by atoms with Crippen LogP contribution in [0.25, 0.3) is 0 Å². The van der Waals surface area contributed by atoms with Gasteiger partial charge in [-0.05, 0) is 19.1 Å². The van der Waals surface area contributed by atoms with Crippen molar-refractivity contribution in [3.05, 3.63) is 29.8 Å². The van der Waals surface area contributed by atoms with Crippen LogP contribution in [0.1, 0.15) is 17.3 Å². The highest BCUT2D eigenvalue weighted by Gasteiger charge is 2.22. The van der Waals surface area contributed by atoms with E-state index in [1.54, 1.807) is 31.2 Å². The SMILES string of the molecule is COCC(C)(O)CNC(=O)c1ccccc1OC. The van der Waals surface area contributed by atoms with Crippen molar-refractivity contribution in [1.82, 2.24) is 5.32 Å². The van der Waals surface area contributed by atoms with E-state index in [9.17, 15) is 9.90 Å². The summed E-state index contributed by atoms with van der Waals surface area (Å²) < 4.78 is 9.96. The number of amides is 1. The van der Waals surface area contributed by atoms with Crippen LogP contribution in [0.3, 0.4) is 0 Å². The molecule has 0 fully saturated rings. The molecule has 0 bridgehead atoms. The van der Waals surface area contributed by atoms with Crippen LogP contribution < -0.4 is 10.1 Å². The summed E-state index contributed by atoms with van der Waals surface area (Å²) in [6, 6.07) is 6.92.